The van der Waals surface area contributed by atoms with Crippen LogP contribution in [-0.2, 0) is 6.42 Å². The molecule has 0 saturated heterocycles. The standard InChI is InChI=1S/C17H21N3/c1-18-9-8-16(13-5-3-2-4-6-13)15-11-14-7-10-19-17(14)20-12-15/h2-6,11-12,16,18H,7-10H2,1H3,(H,19,20)/t16-/m0/s1. The van der Waals surface area contributed by atoms with E-state index in [-0.39, 0.29) is 0 Å². The van der Waals surface area contributed by atoms with Gasteiger partial charge in [0.25, 0.3) is 0 Å². The molecule has 20 heavy (non-hydrogen) atoms. The van der Waals surface area contributed by atoms with E-state index in [9.17, 15) is 0 Å². The summed E-state index contributed by atoms with van der Waals surface area (Å²) in [4.78, 5) is 4.58. The third kappa shape index (κ3) is 2.68. The number of pyridine rings is 1. The van der Waals surface area contributed by atoms with Crippen LogP contribution < -0.4 is 10.6 Å². The van der Waals surface area contributed by atoms with Crippen LogP contribution in [0, 0.1) is 0 Å². The van der Waals surface area contributed by atoms with Gasteiger partial charge in [0.2, 0.25) is 0 Å². The Morgan fingerprint density at radius 3 is 2.90 bits per heavy atom. The lowest BCUT2D eigenvalue weighted by Gasteiger charge is -2.18. The number of rotatable bonds is 5. The zero-order valence-electron chi connectivity index (χ0n) is 11.9. The van der Waals surface area contributed by atoms with Crippen molar-refractivity contribution in [2.45, 2.75) is 18.8 Å². The van der Waals surface area contributed by atoms with E-state index in [1.165, 1.54) is 16.7 Å². The Balaban J connectivity index is 1.92. The van der Waals surface area contributed by atoms with Gasteiger partial charge in [0.05, 0.1) is 0 Å². The van der Waals surface area contributed by atoms with Crippen molar-refractivity contribution in [3.63, 3.8) is 0 Å². The Bertz CT molecular complexity index is 566. The average Bonchev–Trinajstić information content (AvgIpc) is 2.96. The van der Waals surface area contributed by atoms with Crippen LogP contribution in [0.5, 0.6) is 0 Å². The Morgan fingerprint density at radius 2 is 2.10 bits per heavy atom. The summed E-state index contributed by atoms with van der Waals surface area (Å²) in [6, 6.07) is 13.1. The molecule has 104 valence electrons. The van der Waals surface area contributed by atoms with Crippen molar-refractivity contribution in [2.24, 2.45) is 0 Å². The summed E-state index contributed by atoms with van der Waals surface area (Å²) in [7, 11) is 2.01. The second-order valence-electron chi connectivity index (χ2n) is 5.31. The molecule has 1 atom stereocenters. The fourth-order valence-corrected chi connectivity index (χ4v) is 2.88. The number of nitrogens with one attached hydrogen (secondary N) is 2. The predicted octanol–water partition coefficient (Wildman–Crippen LogP) is 2.79. The third-order valence-electron chi connectivity index (χ3n) is 3.96. The maximum absolute atomic E-state index is 4.58. The van der Waals surface area contributed by atoms with Gasteiger partial charge in [0.15, 0.2) is 0 Å². The third-order valence-corrected chi connectivity index (χ3v) is 3.96. The first kappa shape index (κ1) is 13.1. The molecule has 0 aliphatic carbocycles. The Kier molecular flexibility index (Phi) is 3.97. The molecule has 0 saturated carbocycles. The molecule has 1 aromatic carbocycles. The number of hydrogen-bond donors (Lipinski definition) is 2. The maximum Gasteiger partial charge on any atom is 0.129 e. The average molecular weight is 267 g/mol. The van der Waals surface area contributed by atoms with Gasteiger partial charge in [-0.3, -0.25) is 0 Å². The van der Waals surface area contributed by atoms with E-state index in [0.717, 1.165) is 31.7 Å². The molecule has 1 aliphatic heterocycles. The molecule has 2 N–H and O–H groups in total. The second-order valence-corrected chi connectivity index (χ2v) is 5.31. The smallest absolute Gasteiger partial charge is 0.129 e. The van der Waals surface area contributed by atoms with E-state index < -0.39 is 0 Å². The summed E-state index contributed by atoms with van der Waals surface area (Å²) >= 11 is 0. The van der Waals surface area contributed by atoms with Crippen LogP contribution in [0.1, 0.15) is 29.0 Å². The summed E-state index contributed by atoms with van der Waals surface area (Å²) in [5.41, 5.74) is 4.05. The van der Waals surface area contributed by atoms with Gasteiger partial charge in [0.1, 0.15) is 5.82 Å². The zero-order chi connectivity index (χ0) is 13.8. The number of nitrogens with zero attached hydrogens (tertiary/aromatic N) is 1. The van der Waals surface area contributed by atoms with Crippen molar-refractivity contribution in [1.82, 2.24) is 10.3 Å². The molecule has 3 nitrogen and oxygen atoms in total. The van der Waals surface area contributed by atoms with E-state index in [0.29, 0.717) is 5.92 Å². The summed E-state index contributed by atoms with van der Waals surface area (Å²) in [5.74, 6) is 1.48. The van der Waals surface area contributed by atoms with Crippen molar-refractivity contribution in [1.29, 1.82) is 0 Å². The summed E-state index contributed by atoms with van der Waals surface area (Å²) < 4.78 is 0. The lowest BCUT2D eigenvalue weighted by molar-refractivity contribution is 0.660. The number of aromatic nitrogens is 1. The molecule has 1 aliphatic rings. The first-order valence-corrected chi connectivity index (χ1v) is 7.30. The van der Waals surface area contributed by atoms with E-state index in [4.69, 9.17) is 0 Å². The van der Waals surface area contributed by atoms with Gasteiger partial charge in [-0.2, -0.15) is 0 Å². The van der Waals surface area contributed by atoms with Crippen LogP contribution in [0.2, 0.25) is 0 Å². The van der Waals surface area contributed by atoms with Crippen molar-refractivity contribution < 1.29 is 0 Å². The number of anilines is 1. The normalized spacial score (nSPS) is 14.7. The van der Waals surface area contributed by atoms with Crippen LogP contribution in [0.4, 0.5) is 5.82 Å². The van der Waals surface area contributed by atoms with Crippen LogP contribution in [-0.4, -0.2) is 25.1 Å². The van der Waals surface area contributed by atoms with E-state index >= 15 is 0 Å². The molecule has 2 heterocycles. The van der Waals surface area contributed by atoms with Gasteiger partial charge in [-0.05, 0) is 49.2 Å². The quantitative estimate of drug-likeness (QED) is 0.874. The first-order valence-electron chi connectivity index (χ1n) is 7.30. The molecule has 3 rings (SSSR count). The maximum atomic E-state index is 4.58. The number of benzene rings is 1. The van der Waals surface area contributed by atoms with E-state index in [2.05, 4.69) is 52.0 Å². The van der Waals surface area contributed by atoms with E-state index in [1.807, 2.05) is 13.2 Å². The minimum Gasteiger partial charge on any atom is -0.370 e. The molecule has 2 aromatic rings. The Hall–Kier alpha value is -1.87. The van der Waals surface area contributed by atoms with Gasteiger partial charge in [-0.15, -0.1) is 0 Å². The first-order chi connectivity index (χ1) is 9.88. The largest absolute Gasteiger partial charge is 0.370 e. The predicted molar refractivity (Wildman–Crippen MR) is 83.3 cm³/mol. The molecular formula is C17H21N3. The summed E-state index contributed by atoms with van der Waals surface area (Å²) in [5, 5.41) is 6.58. The molecule has 0 radical (unpaired) electrons. The second kappa shape index (κ2) is 6.06. The van der Waals surface area contributed by atoms with Crippen LogP contribution >= 0.6 is 0 Å². The van der Waals surface area contributed by atoms with Gasteiger partial charge < -0.3 is 10.6 Å². The van der Waals surface area contributed by atoms with Crippen LogP contribution in [0.3, 0.4) is 0 Å². The van der Waals surface area contributed by atoms with Crippen molar-refractivity contribution in [3.8, 4) is 0 Å². The molecule has 0 fully saturated rings. The van der Waals surface area contributed by atoms with Crippen molar-refractivity contribution in [3.05, 3.63) is 59.3 Å². The highest BCUT2D eigenvalue weighted by atomic mass is 15.0. The summed E-state index contributed by atoms with van der Waals surface area (Å²) in [6.45, 7) is 2.02. The molecular weight excluding hydrogens is 246 g/mol. The lowest BCUT2D eigenvalue weighted by atomic mass is 9.88. The highest BCUT2D eigenvalue weighted by molar-refractivity contribution is 5.51. The Labute approximate surface area is 120 Å². The highest BCUT2D eigenvalue weighted by Crippen LogP contribution is 2.30. The fourth-order valence-electron chi connectivity index (χ4n) is 2.88. The number of hydrogen-bond acceptors (Lipinski definition) is 3. The van der Waals surface area contributed by atoms with Crippen molar-refractivity contribution >= 4 is 5.82 Å². The van der Waals surface area contributed by atoms with Gasteiger partial charge >= 0.3 is 0 Å². The van der Waals surface area contributed by atoms with Crippen LogP contribution in [0.25, 0.3) is 0 Å². The Morgan fingerprint density at radius 1 is 1.25 bits per heavy atom. The van der Waals surface area contributed by atoms with Crippen molar-refractivity contribution in [2.75, 3.05) is 25.5 Å². The minimum atomic E-state index is 0.419. The van der Waals surface area contributed by atoms with Crippen LogP contribution in [0.15, 0.2) is 42.6 Å². The molecule has 0 spiro atoms. The zero-order valence-corrected chi connectivity index (χ0v) is 11.9. The van der Waals surface area contributed by atoms with Gasteiger partial charge in [0, 0.05) is 18.7 Å². The molecule has 0 amide bonds. The molecule has 0 unspecified atom stereocenters. The molecule has 0 bridgehead atoms. The molecule has 1 aromatic heterocycles. The summed E-state index contributed by atoms with van der Waals surface area (Å²) in [6.07, 6.45) is 4.21. The topological polar surface area (TPSA) is 37.0 Å². The monoisotopic (exact) mass is 267 g/mol. The molecule has 3 heteroatoms. The fraction of sp³-hybridized carbons (Fsp3) is 0.353. The highest BCUT2D eigenvalue weighted by Gasteiger charge is 2.18. The van der Waals surface area contributed by atoms with Gasteiger partial charge in [-0.1, -0.05) is 30.3 Å². The number of fused-ring (bicyclic) bond motifs is 1. The van der Waals surface area contributed by atoms with Gasteiger partial charge in [-0.25, -0.2) is 4.98 Å². The SMILES string of the molecule is CNCC[C@@H](c1ccccc1)c1cnc2c(c1)CCN2. The van der Waals surface area contributed by atoms with E-state index in [1.54, 1.807) is 0 Å². The lowest BCUT2D eigenvalue weighted by Crippen LogP contribution is -2.13. The minimum absolute atomic E-state index is 0.419.